The molecule has 0 atom stereocenters. The van der Waals surface area contributed by atoms with Crippen LogP contribution in [0.3, 0.4) is 0 Å². The van der Waals surface area contributed by atoms with E-state index in [2.05, 4.69) is 6.92 Å². The van der Waals surface area contributed by atoms with Crippen LogP contribution in [0.2, 0.25) is 0 Å². The molecule has 1 aromatic rings. The Labute approximate surface area is 96.6 Å². The highest BCUT2D eigenvalue weighted by atomic mass is 32.2. The Kier molecular flexibility index (Phi) is 6.60. The topological polar surface area (TPSA) is 39.2 Å². The minimum absolute atomic E-state index is 0.832. The molecule has 0 fully saturated rings. The summed E-state index contributed by atoms with van der Waals surface area (Å²) in [6, 6.07) is 2.02. The third-order valence-corrected chi connectivity index (χ3v) is 3.49. The van der Waals surface area contributed by atoms with Gasteiger partial charge in [0.2, 0.25) is 0 Å². The molecule has 0 bridgehead atoms. The van der Waals surface area contributed by atoms with Crippen LogP contribution in [0.5, 0.6) is 0 Å². The highest BCUT2D eigenvalue weighted by molar-refractivity contribution is 7.98. The predicted molar refractivity (Wildman–Crippen MR) is 67.1 cm³/mol. The van der Waals surface area contributed by atoms with Gasteiger partial charge in [-0.2, -0.15) is 11.8 Å². The van der Waals surface area contributed by atoms with E-state index in [1.807, 2.05) is 17.8 Å². The first-order valence-corrected chi connectivity index (χ1v) is 6.81. The summed E-state index contributed by atoms with van der Waals surface area (Å²) in [4.78, 5) is 0. The zero-order valence-corrected chi connectivity index (χ0v) is 10.3. The van der Waals surface area contributed by atoms with Gasteiger partial charge in [0.15, 0.2) is 0 Å². The van der Waals surface area contributed by atoms with Crippen molar-refractivity contribution in [2.45, 2.75) is 38.4 Å². The zero-order valence-electron chi connectivity index (χ0n) is 9.50. The van der Waals surface area contributed by atoms with Crippen LogP contribution >= 0.6 is 11.8 Å². The number of nitrogens with two attached hydrogens (primary N) is 1. The molecule has 0 saturated carbocycles. The number of hydrogen-bond donors (Lipinski definition) is 1. The van der Waals surface area contributed by atoms with Crippen molar-refractivity contribution < 1.29 is 4.42 Å². The lowest BCUT2D eigenvalue weighted by atomic mass is 10.2. The first kappa shape index (κ1) is 12.7. The monoisotopic (exact) mass is 227 g/mol. The Bertz CT molecular complexity index is 260. The molecular weight excluding hydrogens is 206 g/mol. The van der Waals surface area contributed by atoms with Crippen LogP contribution in [0.1, 0.15) is 37.0 Å². The Morgan fingerprint density at radius 1 is 1.27 bits per heavy atom. The van der Waals surface area contributed by atoms with Gasteiger partial charge in [-0.15, -0.1) is 0 Å². The molecule has 0 spiro atoms. The molecule has 0 radical (unpaired) electrons. The highest BCUT2D eigenvalue weighted by Gasteiger charge is 2.00. The maximum absolute atomic E-state index is 5.43. The number of furan rings is 1. The Morgan fingerprint density at radius 3 is 2.73 bits per heavy atom. The van der Waals surface area contributed by atoms with Gasteiger partial charge in [0.1, 0.15) is 5.76 Å². The molecule has 0 amide bonds. The molecule has 86 valence electrons. The summed E-state index contributed by atoms with van der Waals surface area (Å²) in [5, 5.41) is 0. The van der Waals surface area contributed by atoms with Crippen molar-refractivity contribution in [1.29, 1.82) is 0 Å². The van der Waals surface area contributed by atoms with Crippen LogP contribution in [0.4, 0.5) is 0 Å². The van der Waals surface area contributed by atoms with Gasteiger partial charge in [0, 0.05) is 0 Å². The van der Waals surface area contributed by atoms with E-state index < -0.39 is 0 Å². The van der Waals surface area contributed by atoms with Crippen molar-refractivity contribution in [3.8, 4) is 0 Å². The van der Waals surface area contributed by atoms with Crippen LogP contribution in [0.15, 0.2) is 16.7 Å². The first-order valence-electron chi connectivity index (χ1n) is 5.65. The molecule has 0 aliphatic rings. The van der Waals surface area contributed by atoms with Crippen molar-refractivity contribution in [1.82, 2.24) is 0 Å². The SMILES string of the molecule is Cc1ccoc1CSCCCCCCN. The zero-order chi connectivity index (χ0) is 10.9. The molecule has 1 aromatic heterocycles. The summed E-state index contributed by atoms with van der Waals surface area (Å²) in [6.45, 7) is 2.93. The lowest BCUT2D eigenvalue weighted by Gasteiger charge is -2.00. The minimum atomic E-state index is 0.832. The molecular formula is C12H21NOS. The molecule has 1 heterocycles. The second-order valence-corrected chi connectivity index (χ2v) is 4.89. The van der Waals surface area contributed by atoms with Crippen LogP contribution in [-0.4, -0.2) is 12.3 Å². The maximum atomic E-state index is 5.43. The summed E-state index contributed by atoms with van der Waals surface area (Å²) in [5.41, 5.74) is 6.70. The van der Waals surface area contributed by atoms with E-state index in [0.717, 1.165) is 18.1 Å². The Balaban J connectivity index is 1.96. The van der Waals surface area contributed by atoms with Gasteiger partial charge < -0.3 is 10.2 Å². The lowest BCUT2D eigenvalue weighted by molar-refractivity contribution is 0.527. The minimum Gasteiger partial charge on any atom is -0.468 e. The van der Waals surface area contributed by atoms with Crippen LogP contribution < -0.4 is 5.73 Å². The van der Waals surface area contributed by atoms with Crippen LogP contribution in [-0.2, 0) is 5.75 Å². The average molecular weight is 227 g/mol. The van der Waals surface area contributed by atoms with E-state index in [1.54, 1.807) is 6.26 Å². The van der Waals surface area contributed by atoms with E-state index in [-0.39, 0.29) is 0 Å². The molecule has 3 heteroatoms. The number of thioether (sulfide) groups is 1. The summed E-state index contributed by atoms with van der Waals surface area (Å²) in [7, 11) is 0. The van der Waals surface area contributed by atoms with Crippen molar-refractivity contribution >= 4 is 11.8 Å². The van der Waals surface area contributed by atoms with E-state index >= 15 is 0 Å². The molecule has 0 unspecified atom stereocenters. The smallest absolute Gasteiger partial charge is 0.116 e. The van der Waals surface area contributed by atoms with E-state index in [1.165, 1.54) is 37.0 Å². The summed E-state index contributed by atoms with van der Waals surface area (Å²) in [6.07, 6.45) is 6.82. The highest BCUT2D eigenvalue weighted by Crippen LogP contribution is 2.18. The van der Waals surface area contributed by atoms with Gasteiger partial charge >= 0.3 is 0 Å². The number of hydrogen-bond acceptors (Lipinski definition) is 3. The largest absolute Gasteiger partial charge is 0.468 e. The van der Waals surface area contributed by atoms with Crippen molar-refractivity contribution in [3.63, 3.8) is 0 Å². The van der Waals surface area contributed by atoms with Crippen LogP contribution in [0.25, 0.3) is 0 Å². The fourth-order valence-electron chi connectivity index (χ4n) is 1.42. The lowest BCUT2D eigenvalue weighted by Crippen LogP contribution is -1.97. The van der Waals surface area contributed by atoms with E-state index in [4.69, 9.17) is 10.2 Å². The van der Waals surface area contributed by atoms with Gasteiger partial charge in [0.05, 0.1) is 12.0 Å². The molecule has 0 aromatic carbocycles. The third kappa shape index (κ3) is 5.28. The second-order valence-electron chi connectivity index (χ2n) is 3.78. The molecule has 2 nitrogen and oxygen atoms in total. The van der Waals surface area contributed by atoms with Crippen molar-refractivity contribution in [2.24, 2.45) is 5.73 Å². The van der Waals surface area contributed by atoms with Gasteiger partial charge in [-0.3, -0.25) is 0 Å². The Morgan fingerprint density at radius 2 is 2.07 bits per heavy atom. The predicted octanol–water partition coefficient (Wildman–Crippen LogP) is 3.34. The van der Waals surface area contributed by atoms with Crippen molar-refractivity contribution in [2.75, 3.05) is 12.3 Å². The average Bonchev–Trinajstić information content (AvgIpc) is 2.63. The van der Waals surface area contributed by atoms with Gasteiger partial charge in [-0.25, -0.2) is 0 Å². The van der Waals surface area contributed by atoms with Gasteiger partial charge in [0.25, 0.3) is 0 Å². The molecule has 0 saturated heterocycles. The quantitative estimate of drug-likeness (QED) is 0.692. The normalized spacial score (nSPS) is 10.8. The number of aryl methyl sites for hydroxylation is 1. The fraction of sp³-hybridized carbons (Fsp3) is 0.667. The molecule has 1 rings (SSSR count). The molecule has 2 N–H and O–H groups in total. The number of rotatable bonds is 8. The number of unbranched alkanes of at least 4 members (excludes halogenated alkanes) is 3. The van der Waals surface area contributed by atoms with E-state index in [0.29, 0.717) is 0 Å². The second kappa shape index (κ2) is 7.83. The molecule has 15 heavy (non-hydrogen) atoms. The maximum Gasteiger partial charge on any atom is 0.116 e. The fourth-order valence-corrected chi connectivity index (χ4v) is 2.45. The summed E-state index contributed by atoms with van der Waals surface area (Å²) >= 11 is 1.96. The van der Waals surface area contributed by atoms with Crippen LogP contribution in [0, 0.1) is 6.92 Å². The first-order chi connectivity index (χ1) is 7.34. The molecule has 0 aliphatic carbocycles. The standard InChI is InChI=1S/C12H21NOS/c1-11-6-8-14-12(11)10-15-9-5-3-2-4-7-13/h6,8H,2-5,7,9-10,13H2,1H3. The summed E-state index contributed by atoms with van der Waals surface area (Å²) < 4.78 is 5.37. The van der Waals surface area contributed by atoms with E-state index in [9.17, 15) is 0 Å². The van der Waals surface area contributed by atoms with Gasteiger partial charge in [-0.05, 0) is 43.7 Å². The summed E-state index contributed by atoms with van der Waals surface area (Å²) in [5.74, 6) is 3.36. The Hall–Kier alpha value is -0.410. The molecule has 0 aliphatic heterocycles. The third-order valence-electron chi connectivity index (χ3n) is 2.44. The van der Waals surface area contributed by atoms with Crippen molar-refractivity contribution in [3.05, 3.63) is 23.7 Å². The van der Waals surface area contributed by atoms with Gasteiger partial charge in [-0.1, -0.05) is 12.8 Å².